The van der Waals surface area contributed by atoms with Crippen LogP contribution in [-0.2, 0) is 14.1 Å². The lowest BCUT2D eigenvalue weighted by molar-refractivity contribution is -0.649. The summed E-state index contributed by atoms with van der Waals surface area (Å²) in [6.45, 7) is 2.14. The molecule has 1 aromatic carbocycles. The van der Waals surface area contributed by atoms with Crippen LogP contribution < -0.4 is 4.57 Å². The zero-order valence-corrected chi connectivity index (χ0v) is 12.0. The number of pyridine rings is 1. The van der Waals surface area contributed by atoms with Crippen LogP contribution in [0.4, 0.5) is 0 Å². The summed E-state index contributed by atoms with van der Waals surface area (Å²) in [4.78, 5) is 4.45. The van der Waals surface area contributed by atoms with Crippen LogP contribution in [0.15, 0.2) is 54.9 Å². The molecule has 0 aliphatic heterocycles. The number of benzene rings is 1. The molecule has 0 bridgehead atoms. The highest BCUT2D eigenvalue weighted by Crippen LogP contribution is 2.22. The molecule has 0 aliphatic rings. The largest absolute Gasteiger partial charge is 0.329 e. The number of hydrogen-bond acceptors (Lipinski definition) is 1. The maximum Gasteiger partial charge on any atom is 0.248 e. The van der Waals surface area contributed by atoms with Crippen molar-refractivity contribution in [3.05, 3.63) is 60.4 Å². The smallest absolute Gasteiger partial charge is 0.248 e. The molecular weight excluding hydrogens is 246 g/mol. The molecule has 0 N–H and O–H groups in total. The summed E-state index contributed by atoms with van der Waals surface area (Å²) in [6.07, 6.45) is 3.80. The van der Waals surface area contributed by atoms with Gasteiger partial charge in [0.05, 0.1) is 0 Å². The number of aromatic nitrogens is 3. The molecular formula is C17H18N3+. The minimum atomic E-state index is 0.975. The van der Waals surface area contributed by atoms with Crippen LogP contribution in [0.1, 0.15) is 5.56 Å². The molecule has 0 amide bonds. The van der Waals surface area contributed by atoms with Gasteiger partial charge in [0.1, 0.15) is 7.05 Å². The topological polar surface area (TPSA) is 21.7 Å². The molecule has 3 nitrogen and oxygen atoms in total. The van der Waals surface area contributed by atoms with Gasteiger partial charge < -0.3 is 4.57 Å². The third-order valence-electron chi connectivity index (χ3n) is 3.70. The Kier molecular flexibility index (Phi) is 3.11. The maximum atomic E-state index is 4.45. The van der Waals surface area contributed by atoms with E-state index >= 15 is 0 Å². The van der Waals surface area contributed by atoms with E-state index < -0.39 is 0 Å². The monoisotopic (exact) mass is 264 g/mol. The number of aryl methyl sites for hydroxylation is 2. The molecule has 3 rings (SSSR count). The third-order valence-corrected chi connectivity index (χ3v) is 3.70. The maximum absolute atomic E-state index is 4.45. The van der Waals surface area contributed by atoms with E-state index in [0.717, 1.165) is 11.5 Å². The van der Waals surface area contributed by atoms with Crippen LogP contribution in [-0.4, -0.2) is 9.55 Å². The summed E-state index contributed by atoms with van der Waals surface area (Å²) in [7, 11) is 4.11. The van der Waals surface area contributed by atoms with E-state index in [1.165, 1.54) is 16.8 Å². The van der Waals surface area contributed by atoms with Crippen LogP contribution in [0, 0.1) is 6.92 Å². The number of imidazole rings is 1. The lowest BCUT2D eigenvalue weighted by Crippen LogP contribution is -2.34. The van der Waals surface area contributed by atoms with Gasteiger partial charge in [-0.15, -0.1) is 0 Å². The van der Waals surface area contributed by atoms with Crippen molar-refractivity contribution in [3.8, 4) is 22.8 Å². The molecule has 0 unspecified atom stereocenters. The van der Waals surface area contributed by atoms with Gasteiger partial charge in [-0.1, -0.05) is 18.2 Å². The van der Waals surface area contributed by atoms with E-state index in [9.17, 15) is 0 Å². The van der Waals surface area contributed by atoms with Crippen LogP contribution in [0.3, 0.4) is 0 Å². The van der Waals surface area contributed by atoms with E-state index in [4.69, 9.17) is 0 Å². The number of rotatable bonds is 2. The van der Waals surface area contributed by atoms with E-state index in [-0.39, 0.29) is 0 Å². The number of hydrogen-bond donors (Lipinski definition) is 0. The average Bonchev–Trinajstić information content (AvgIpc) is 2.86. The van der Waals surface area contributed by atoms with Gasteiger partial charge in [-0.3, -0.25) is 0 Å². The first-order valence-corrected chi connectivity index (χ1v) is 6.71. The highest BCUT2D eigenvalue weighted by molar-refractivity contribution is 5.62. The molecule has 2 aromatic heterocycles. The lowest BCUT2D eigenvalue weighted by Gasteiger charge is -2.07. The minimum Gasteiger partial charge on any atom is -0.329 e. The Balaban J connectivity index is 2.21. The predicted octanol–water partition coefficient (Wildman–Crippen LogP) is 2.89. The quantitative estimate of drug-likeness (QED) is 0.652. The summed E-state index contributed by atoms with van der Waals surface area (Å²) in [5.74, 6) is 0.975. The molecule has 0 aliphatic carbocycles. The van der Waals surface area contributed by atoms with Gasteiger partial charge in [-0.05, 0) is 24.6 Å². The summed E-state index contributed by atoms with van der Waals surface area (Å²) >= 11 is 0. The van der Waals surface area contributed by atoms with Crippen molar-refractivity contribution in [1.82, 2.24) is 9.55 Å². The minimum absolute atomic E-state index is 0.975. The van der Waals surface area contributed by atoms with Crippen molar-refractivity contribution in [2.45, 2.75) is 6.92 Å². The van der Waals surface area contributed by atoms with Gasteiger partial charge in [0.25, 0.3) is 0 Å². The fourth-order valence-electron chi connectivity index (χ4n) is 2.55. The van der Waals surface area contributed by atoms with Crippen LogP contribution in [0.5, 0.6) is 0 Å². The molecule has 0 atom stereocenters. The molecule has 100 valence electrons. The van der Waals surface area contributed by atoms with E-state index in [0.29, 0.717) is 0 Å². The highest BCUT2D eigenvalue weighted by Gasteiger charge is 2.19. The molecule has 0 radical (unpaired) electrons. The molecule has 0 saturated heterocycles. The Morgan fingerprint density at radius 2 is 1.75 bits per heavy atom. The molecule has 3 aromatic rings. The molecule has 0 saturated carbocycles. The Bertz CT molecular complexity index is 756. The Morgan fingerprint density at radius 1 is 1.00 bits per heavy atom. The molecule has 2 heterocycles. The first-order valence-electron chi connectivity index (χ1n) is 6.71. The Morgan fingerprint density at radius 3 is 2.45 bits per heavy atom. The first-order chi connectivity index (χ1) is 9.68. The first kappa shape index (κ1) is 12.6. The number of nitrogens with zero attached hydrogens (tertiary/aromatic N) is 3. The van der Waals surface area contributed by atoms with Crippen molar-refractivity contribution in [1.29, 1.82) is 0 Å². The van der Waals surface area contributed by atoms with Crippen LogP contribution in [0.2, 0.25) is 0 Å². The standard InChI is InChI=1S/C17H18N3/c1-13-7-4-5-8-14(13)15-9-6-10-16(20(15)3)17-18-11-12-19(17)2/h4-12H,1-3H3/q+1. The second kappa shape index (κ2) is 4.93. The Labute approximate surface area is 119 Å². The zero-order valence-electron chi connectivity index (χ0n) is 12.0. The van der Waals surface area contributed by atoms with Gasteiger partial charge in [-0.25, -0.2) is 4.98 Å². The molecule has 20 heavy (non-hydrogen) atoms. The van der Waals surface area contributed by atoms with Gasteiger partial charge in [0.2, 0.25) is 17.2 Å². The van der Waals surface area contributed by atoms with Crippen molar-refractivity contribution in [2.75, 3.05) is 0 Å². The summed E-state index contributed by atoms with van der Waals surface area (Å²) < 4.78 is 4.24. The summed E-state index contributed by atoms with van der Waals surface area (Å²) in [6, 6.07) is 14.8. The van der Waals surface area contributed by atoms with E-state index in [1.54, 1.807) is 0 Å². The lowest BCUT2D eigenvalue weighted by atomic mass is 10.0. The summed E-state index contributed by atoms with van der Waals surface area (Å²) in [5.41, 5.74) is 4.84. The van der Waals surface area contributed by atoms with Crippen LogP contribution >= 0.6 is 0 Å². The predicted molar refractivity (Wildman–Crippen MR) is 80.0 cm³/mol. The average molecular weight is 264 g/mol. The van der Waals surface area contributed by atoms with Gasteiger partial charge >= 0.3 is 0 Å². The van der Waals surface area contributed by atoms with Gasteiger partial charge in [0, 0.05) is 37.1 Å². The highest BCUT2D eigenvalue weighted by atomic mass is 15.1. The second-order valence-electron chi connectivity index (χ2n) is 5.03. The second-order valence-corrected chi connectivity index (χ2v) is 5.03. The fraction of sp³-hybridized carbons (Fsp3) is 0.176. The SMILES string of the molecule is Cc1ccccc1-c1cccc(-c2nccn2C)[n+]1C. The normalized spacial score (nSPS) is 10.8. The molecule has 0 spiro atoms. The van der Waals surface area contributed by atoms with Crippen molar-refractivity contribution in [3.63, 3.8) is 0 Å². The molecule has 0 fully saturated rings. The van der Waals surface area contributed by atoms with Crippen LogP contribution in [0.25, 0.3) is 22.8 Å². The van der Waals surface area contributed by atoms with Gasteiger partial charge in [-0.2, -0.15) is 4.57 Å². The van der Waals surface area contributed by atoms with Crippen molar-refractivity contribution >= 4 is 0 Å². The van der Waals surface area contributed by atoms with Crippen molar-refractivity contribution < 1.29 is 4.57 Å². The summed E-state index contributed by atoms with van der Waals surface area (Å²) in [5, 5.41) is 0. The van der Waals surface area contributed by atoms with Crippen molar-refractivity contribution in [2.24, 2.45) is 14.1 Å². The van der Waals surface area contributed by atoms with E-state index in [1.807, 2.05) is 24.0 Å². The fourth-order valence-corrected chi connectivity index (χ4v) is 2.55. The van der Waals surface area contributed by atoms with Gasteiger partial charge in [0.15, 0.2) is 0 Å². The third kappa shape index (κ3) is 2.01. The molecule has 3 heteroatoms. The Hall–Kier alpha value is -2.42. The zero-order chi connectivity index (χ0) is 14.1. The van der Waals surface area contributed by atoms with E-state index in [2.05, 4.69) is 66.0 Å².